The van der Waals surface area contributed by atoms with E-state index >= 15 is 0 Å². The standard InChI is InChI=1S/C14H19N3O3/c1-17-9-8-16-14(17)13(11-5-4-10-20-11)15-7-3-6-12(18)19-2/h4-5,8-10,13,15H,3,6-7H2,1-2H3. The minimum atomic E-state index is -0.196. The zero-order chi connectivity index (χ0) is 14.4. The molecule has 0 saturated heterocycles. The Morgan fingerprint density at radius 3 is 3.05 bits per heavy atom. The molecule has 0 radical (unpaired) electrons. The molecular weight excluding hydrogens is 258 g/mol. The quantitative estimate of drug-likeness (QED) is 0.615. The van der Waals surface area contributed by atoms with Crippen molar-refractivity contribution in [2.45, 2.75) is 18.9 Å². The second-order valence-corrected chi connectivity index (χ2v) is 4.48. The van der Waals surface area contributed by atoms with Crippen LogP contribution in [0.3, 0.4) is 0 Å². The Morgan fingerprint density at radius 2 is 2.45 bits per heavy atom. The Balaban J connectivity index is 1.98. The summed E-state index contributed by atoms with van der Waals surface area (Å²) in [5.41, 5.74) is 0. The van der Waals surface area contributed by atoms with Gasteiger partial charge in [-0.25, -0.2) is 4.98 Å². The molecule has 0 bridgehead atoms. The highest BCUT2D eigenvalue weighted by atomic mass is 16.5. The average molecular weight is 277 g/mol. The Hall–Kier alpha value is -2.08. The number of hydrogen-bond acceptors (Lipinski definition) is 5. The lowest BCUT2D eigenvalue weighted by Crippen LogP contribution is -2.26. The van der Waals surface area contributed by atoms with E-state index in [1.807, 2.05) is 29.9 Å². The molecule has 0 spiro atoms. The van der Waals surface area contributed by atoms with Crippen molar-refractivity contribution >= 4 is 5.97 Å². The van der Waals surface area contributed by atoms with E-state index in [1.165, 1.54) is 7.11 Å². The lowest BCUT2D eigenvalue weighted by molar-refractivity contribution is -0.140. The van der Waals surface area contributed by atoms with E-state index in [0.29, 0.717) is 19.4 Å². The number of carbonyl (C=O) groups is 1. The summed E-state index contributed by atoms with van der Waals surface area (Å²) in [6.07, 6.45) is 6.38. The van der Waals surface area contributed by atoms with Gasteiger partial charge in [-0.15, -0.1) is 0 Å². The van der Waals surface area contributed by atoms with Gasteiger partial charge in [0.05, 0.1) is 13.4 Å². The van der Waals surface area contributed by atoms with Gasteiger partial charge in [0, 0.05) is 25.9 Å². The number of aryl methyl sites for hydroxylation is 1. The van der Waals surface area contributed by atoms with E-state index in [9.17, 15) is 4.79 Å². The Bertz CT molecular complexity index is 534. The Kier molecular flexibility index (Phi) is 4.95. The van der Waals surface area contributed by atoms with Gasteiger partial charge < -0.3 is 19.0 Å². The van der Waals surface area contributed by atoms with Gasteiger partial charge >= 0.3 is 5.97 Å². The van der Waals surface area contributed by atoms with Gasteiger partial charge in [0.25, 0.3) is 0 Å². The van der Waals surface area contributed by atoms with E-state index in [2.05, 4.69) is 15.0 Å². The predicted octanol–water partition coefficient (Wildman–Crippen LogP) is 1.65. The molecular formula is C14H19N3O3. The van der Waals surface area contributed by atoms with Crippen molar-refractivity contribution in [3.8, 4) is 0 Å². The van der Waals surface area contributed by atoms with Crippen LogP contribution in [0.5, 0.6) is 0 Å². The first-order chi connectivity index (χ1) is 9.72. The second-order valence-electron chi connectivity index (χ2n) is 4.48. The molecule has 0 fully saturated rings. The molecule has 0 saturated carbocycles. The van der Waals surface area contributed by atoms with Crippen LogP contribution in [0, 0.1) is 0 Å². The average Bonchev–Trinajstić information content (AvgIpc) is 3.10. The van der Waals surface area contributed by atoms with Crippen LogP contribution in [0.4, 0.5) is 0 Å². The molecule has 2 heterocycles. The molecule has 0 aliphatic carbocycles. The molecule has 6 nitrogen and oxygen atoms in total. The summed E-state index contributed by atoms with van der Waals surface area (Å²) in [6.45, 7) is 0.674. The molecule has 0 aliphatic heterocycles. The van der Waals surface area contributed by atoms with E-state index < -0.39 is 0 Å². The Morgan fingerprint density at radius 1 is 1.60 bits per heavy atom. The van der Waals surface area contributed by atoms with Gasteiger partial charge in [-0.2, -0.15) is 0 Å². The molecule has 0 aromatic carbocycles. The maximum atomic E-state index is 11.1. The number of nitrogens with zero attached hydrogens (tertiary/aromatic N) is 2. The summed E-state index contributed by atoms with van der Waals surface area (Å²) in [5.74, 6) is 1.48. The van der Waals surface area contributed by atoms with Crippen LogP contribution in [-0.2, 0) is 16.6 Å². The molecule has 0 aliphatic rings. The molecule has 20 heavy (non-hydrogen) atoms. The number of furan rings is 1. The number of esters is 1. The van der Waals surface area contributed by atoms with Gasteiger partial charge in [-0.3, -0.25) is 4.79 Å². The van der Waals surface area contributed by atoms with E-state index in [-0.39, 0.29) is 12.0 Å². The number of imidazole rings is 1. The fraction of sp³-hybridized carbons (Fsp3) is 0.429. The van der Waals surface area contributed by atoms with Crippen molar-refractivity contribution in [1.82, 2.24) is 14.9 Å². The lowest BCUT2D eigenvalue weighted by atomic mass is 10.2. The number of ether oxygens (including phenoxy) is 1. The van der Waals surface area contributed by atoms with E-state index in [0.717, 1.165) is 11.6 Å². The zero-order valence-corrected chi connectivity index (χ0v) is 11.7. The molecule has 2 aromatic heterocycles. The van der Waals surface area contributed by atoms with E-state index in [1.54, 1.807) is 12.5 Å². The van der Waals surface area contributed by atoms with Crippen LogP contribution < -0.4 is 5.32 Å². The number of nitrogens with one attached hydrogen (secondary N) is 1. The third-order valence-electron chi connectivity index (χ3n) is 3.08. The van der Waals surface area contributed by atoms with Gasteiger partial charge in [0.15, 0.2) is 0 Å². The summed E-state index contributed by atoms with van der Waals surface area (Å²) in [4.78, 5) is 15.4. The monoisotopic (exact) mass is 277 g/mol. The van der Waals surface area contributed by atoms with Crippen LogP contribution >= 0.6 is 0 Å². The minimum absolute atomic E-state index is 0.123. The van der Waals surface area contributed by atoms with Crippen LogP contribution in [0.25, 0.3) is 0 Å². The number of methoxy groups -OCH3 is 1. The molecule has 2 aromatic rings. The van der Waals surface area contributed by atoms with E-state index in [4.69, 9.17) is 4.42 Å². The summed E-state index contributed by atoms with van der Waals surface area (Å²) in [6, 6.07) is 3.64. The normalized spacial score (nSPS) is 12.3. The number of rotatable bonds is 7. The molecule has 6 heteroatoms. The van der Waals surface area contributed by atoms with Crippen LogP contribution in [0.15, 0.2) is 35.2 Å². The zero-order valence-electron chi connectivity index (χ0n) is 11.7. The molecule has 1 atom stereocenters. The van der Waals surface area contributed by atoms with Gasteiger partial charge in [-0.1, -0.05) is 0 Å². The topological polar surface area (TPSA) is 69.3 Å². The van der Waals surface area contributed by atoms with Crippen LogP contribution in [0.1, 0.15) is 30.5 Å². The third-order valence-corrected chi connectivity index (χ3v) is 3.08. The highest BCUT2D eigenvalue weighted by Crippen LogP contribution is 2.20. The number of carbonyl (C=O) groups excluding carboxylic acids is 1. The fourth-order valence-corrected chi connectivity index (χ4v) is 2.01. The van der Waals surface area contributed by atoms with Crippen LogP contribution in [0.2, 0.25) is 0 Å². The molecule has 1 N–H and O–H groups in total. The van der Waals surface area contributed by atoms with Crippen molar-refractivity contribution < 1.29 is 13.9 Å². The highest BCUT2D eigenvalue weighted by molar-refractivity contribution is 5.69. The maximum absolute atomic E-state index is 11.1. The lowest BCUT2D eigenvalue weighted by Gasteiger charge is -2.16. The fourth-order valence-electron chi connectivity index (χ4n) is 2.01. The van der Waals surface area contributed by atoms with Gasteiger partial charge in [-0.05, 0) is 25.1 Å². The summed E-state index contributed by atoms with van der Waals surface area (Å²) in [5, 5.41) is 3.36. The SMILES string of the molecule is COC(=O)CCCNC(c1ccco1)c1nccn1C. The number of hydrogen-bond donors (Lipinski definition) is 1. The first-order valence-corrected chi connectivity index (χ1v) is 6.53. The third kappa shape index (κ3) is 3.48. The Labute approximate surface area is 117 Å². The first-order valence-electron chi connectivity index (χ1n) is 6.53. The smallest absolute Gasteiger partial charge is 0.305 e. The first kappa shape index (κ1) is 14.3. The molecule has 108 valence electrons. The van der Waals surface area contributed by atoms with Crippen molar-refractivity contribution in [3.63, 3.8) is 0 Å². The van der Waals surface area contributed by atoms with Crippen molar-refractivity contribution in [2.24, 2.45) is 7.05 Å². The van der Waals surface area contributed by atoms with Gasteiger partial charge in [0.2, 0.25) is 0 Å². The minimum Gasteiger partial charge on any atom is -0.469 e. The molecule has 2 rings (SSSR count). The second kappa shape index (κ2) is 6.91. The highest BCUT2D eigenvalue weighted by Gasteiger charge is 2.20. The predicted molar refractivity (Wildman–Crippen MR) is 73.0 cm³/mol. The summed E-state index contributed by atoms with van der Waals surface area (Å²) < 4.78 is 12.0. The molecule has 1 unspecified atom stereocenters. The van der Waals surface area contributed by atoms with Crippen molar-refractivity contribution in [1.29, 1.82) is 0 Å². The van der Waals surface area contributed by atoms with Gasteiger partial charge in [0.1, 0.15) is 17.6 Å². The molecule has 0 amide bonds. The number of aromatic nitrogens is 2. The van der Waals surface area contributed by atoms with Crippen molar-refractivity contribution in [2.75, 3.05) is 13.7 Å². The van der Waals surface area contributed by atoms with Crippen LogP contribution in [-0.4, -0.2) is 29.2 Å². The largest absolute Gasteiger partial charge is 0.469 e. The summed E-state index contributed by atoms with van der Waals surface area (Å²) >= 11 is 0. The maximum Gasteiger partial charge on any atom is 0.305 e. The summed E-state index contributed by atoms with van der Waals surface area (Å²) in [7, 11) is 3.34. The van der Waals surface area contributed by atoms with Crippen molar-refractivity contribution in [3.05, 3.63) is 42.4 Å².